The van der Waals surface area contributed by atoms with Crippen molar-refractivity contribution in [2.75, 3.05) is 65.4 Å². The SMILES string of the molecule is CCNC(=NCC1CCCN1CC)NCCN1CCN(C(=O)OC(C)(C)C)CC1.I. The molecular weight excluding hydrogens is 495 g/mol. The predicted molar refractivity (Wildman–Crippen MR) is 134 cm³/mol. The Bertz CT molecular complexity index is 532. The summed E-state index contributed by atoms with van der Waals surface area (Å²) in [6, 6.07) is 0.580. The van der Waals surface area contributed by atoms with Crippen molar-refractivity contribution in [3.8, 4) is 0 Å². The number of halogens is 1. The maximum absolute atomic E-state index is 12.2. The van der Waals surface area contributed by atoms with E-state index in [0.717, 1.165) is 64.9 Å². The minimum Gasteiger partial charge on any atom is -0.444 e. The van der Waals surface area contributed by atoms with E-state index < -0.39 is 5.60 Å². The number of carbonyl (C=O) groups is 1. The quantitative estimate of drug-likeness (QED) is 0.294. The van der Waals surface area contributed by atoms with Crippen LogP contribution in [0.25, 0.3) is 0 Å². The van der Waals surface area contributed by atoms with Crippen molar-refractivity contribution in [2.45, 2.75) is 59.1 Å². The van der Waals surface area contributed by atoms with Crippen LogP contribution in [0.5, 0.6) is 0 Å². The van der Waals surface area contributed by atoms with Gasteiger partial charge in [-0.25, -0.2) is 4.79 Å². The van der Waals surface area contributed by atoms with Gasteiger partial charge in [0.1, 0.15) is 5.60 Å². The topological polar surface area (TPSA) is 72.4 Å². The number of amides is 1. The summed E-state index contributed by atoms with van der Waals surface area (Å²) in [6.07, 6.45) is 2.33. The lowest BCUT2D eigenvalue weighted by Crippen LogP contribution is -2.51. The average Bonchev–Trinajstić information content (AvgIpc) is 3.13. The molecule has 1 atom stereocenters. The summed E-state index contributed by atoms with van der Waals surface area (Å²) in [4.78, 5) is 23.7. The average molecular weight is 539 g/mol. The first-order chi connectivity index (χ1) is 13.8. The highest BCUT2D eigenvalue weighted by molar-refractivity contribution is 14.0. The van der Waals surface area contributed by atoms with Crippen LogP contribution in [0.3, 0.4) is 0 Å². The Hall–Kier alpha value is -0.810. The zero-order chi connectivity index (χ0) is 21.3. The predicted octanol–water partition coefficient (Wildman–Crippen LogP) is 2.20. The molecular formula is C21H43IN6O2. The van der Waals surface area contributed by atoms with Gasteiger partial charge in [0.15, 0.2) is 5.96 Å². The fourth-order valence-corrected chi connectivity index (χ4v) is 3.87. The fourth-order valence-electron chi connectivity index (χ4n) is 3.87. The normalized spacial score (nSPS) is 21.3. The molecule has 2 aliphatic rings. The van der Waals surface area contributed by atoms with E-state index in [-0.39, 0.29) is 30.1 Å². The highest BCUT2D eigenvalue weighted by atomic mass is 127. The zero-order valence-electron chi connectivity index (χ0n) is 19.6. The number of hydrogen-bond acceptors (Lipinski definition) is 5. The van der Waals surface area contributed by atoms with Crippen LogP contribution in [0.4, 0.5) is 4.79 Å². The Labute approximate surface area is 200 Å². The lowest BCUT2D eigenvalue weighted by atomic mass is 10.2. The molecule has 1 unspecified atom stereocenters. The largest absolute Gasteiger partial charge is 0.444 e. The molecule has 30 heavy (non-hydrogen) atoms. The van der Waals surface area contributed by atoms with Crippen molar-refractivity contribution in [1.29, 1.82) is 0 Å². The first kappa shape index (κ1) is 27.2. The van der Waals surface area contributed by atoms with Crippen LogP contribution < -0.4 is 10.6 Å². The minimum absolute atomic E-state index is 0. The third-order valence-electron chi connectivity index (χ3n) is 5.45. The molecule has 0 saturated carbocycles. The Morgan fingerprint density at radius 1 is 1.10 bits per heavy atom. The standard InChI is InChI=1S/C21H42N6O2.HI/c1-6-22-19(24-17-18-9-8-11-26(18)7-2)23-10-12-25-13-15-27(16-14-25)20(28)29-21(3,4)5;/h18H,6-17H2,1-5H3,(H2,22,23,24);1H. The van der Waals surface area contributed by atoms with Crippen LogP contribution in [0.15, 0.2) is 4.99 Å². The van der Waals surface area contributed by atoms with E-state index in [1.165, 1.54) is 19.4 Å². The monoisotopic (exact) mass is 538 g/mol. The number of guanidine groups is 1. The molecule has 2 N–H and O–H groups in total. The van der Waals surface area contributed by atoms with E-state index in [9.17, 15) is 4.79 Å². The molecule has 0 spiro atoms. The number of aliphatic imine (C=N–C) groups is 1. The van der Waals surface area contributed by atoms with Crippen molar-refractivity contribution >= 4 is 36.0 Å². The summed E-state index contributed by atoms with van der Waals surface area (Å²) >= 11 is 0. The fraction of sp³-hybridized carbons (Fsp3) is 0.905. The second-order valence-electron chi connectivity index (χ2n) is 8.88. The van der Waals surface area contributed by atoms with Gasteiger partial charge in [-0.3, -0.25) is 14.8 Å². The summed E-state index contributed by atoms with van der Waals surface area (Å²) in [6.45, 7) is 19.1. The summed E-state index contributed by atoms with van der Waals surface area (Å²) in [5.41, 5.74) is -0.438. The molecule has 0 bridgehead atoms. The van der Waals surface area contributed by atoms with Gasteiger partial charge in [0.05, 0.1) is 6.54 Å². The van der Waals surface area contributed by atoms with Gasteiger partial charge in [-0.05, 0) is 53.6 Å². The van der Waals surface area contributed by atoms with Crippen LogP contribution in [0, 0.1) is 0 Å². The second kappa shape index (κ2) is 13.6. The summed E-state index contributed by atoms with van der Waals surface area (Å²) in [5.74, 6) is 0.905. The first-order valence-electron chi connectivity index (χ1n) is 11.3. The lowest BCUT2D eigenvalue weighted by Gasteiger charge is -2.35. The summed E-state index contributed by atoms with van der Waals surface area (Å²) in [5, 5.41) is 6.82. The van der Waals surface area contributed by atoms with Crippen molar-refractivity contribution in [2.24, 2.45) is 4.99 Å². The molecule has 0 aromatic heterocycles. The van der Waals surface area contributed by atoms with Crippen LogP contribution in [-0.2, 0) is 4.74 Å². The van der Waals surface area contributed by atoms with Crippen LogP contribution in [0.1, 0.15) is 47.5 Å². The zero-order valence-corrected chi connectivity index (χ0v) is 21.9. The Balaban J connectivity index is 0.00000450. The minimum atomic E-state index is -0.438. The molecule has 176 valence electrons. The van der Waals surface area contributed by atoms with Crippen molar-refractivity contribution in [1.82, 2.24) is 25.3 Å². The molecule has 8 nitrogen and oxygen atoms in total. The molecule has 2 saturated heterocycles. The Morgan fingerprint density at radius 3 is 2.40 bits per heavy atom. The number of nitrogens with zero attached hydrogens (tertiary/aromatic N) is 4. The van der Waals surface area contributed by atoms with Gasteiger partial charge in [0.25, 0.3) is 0 Å². The van der Waals surface area contributed by atoms with Crippen LogP contribution in [-0.4, -0.2) is 104 Å². The molecule has 2 rings (SSSR count). The smallest absolute Gasteiger partial charge is 0.410 e. The maximum atomic E-state index is 12.2. The lowest BCUT2D eigenvalue weighted by molar-refractivity contribution is 0.0147. The van der Waals surface area contributed by atoms with Crippen molar-refractivity contribution < 1.29 is 9.53 Å². The molecule has 1 amide bonds. The van der Waals surface area contributed by atoms with E-state index in [4.69, 9.17) is 9.73 Å². The van der Waals surface area contributed by atoms with E-state index >= 15 is 0 Å². The molecule has 0 aromatic carbocycles. The van der Waals surface area contributed by atoms with Gasteiger partial charge in [-0.1, -0.05) is 6.92 Å². The number of likely N-dealkylation sites (N-methyl/N-ethyl adjacent to an activating group) is 1. The molecule has 2 heterocycles. The number of carbonyl (C=O) groups excluding carboxylic acids is 1. The highest BCUT2D eigenvalue weighted by Gasteiger charge is 2.26. The molecule has 2 aliphatic heterocycles. The molecule has 9 heteroatoms. The molecule has 0 radical (unpaired) electrons. The first-order valence-corrected chi connectivity index (χ1v) is 11.3. The highest BCUT2D eigenvalue weighted by Crippen LogP contribution is 2.16. The van der Waals surface area contributed by atoms with E-state index in [1.54, 1.807) is 0 Å². The molecule has 0 aromatic rings. The Morgan fingerprint density at radius 2 is 1.80 bits per heavy atom. The third-order valence-corrected chi connectivity index (χ3v) is 5.45. The number of nitrogens with one attached hydrogen (secondary N) is 2. The van der Waals surface area contributed by atoms with Crippen LogP contribution >= 0.6 is 24.0 Å². The number of piperazine rings is 1. The third kappa shape index (κ3) is 9.55. The summed E-state index contributed by atoms with van der Waals surface area (Å²) < 4.78 is 5.47. The van der Waals surface area contributed by atoms with Crippen molar-refractivity contribution in [3.05, 3.63) is 0 Å². The van der Waals surface area contributed by atoms with E-state index in [2.05, 4.69) is 34.3 Å². The number of hydrogen-bond donors (Lipinski definition) is 2. The Kier molecular flexibility index (Phi) is 12.3. The van der Waals surface area contributed by atoms with Gasteiger partial charge in [0.2, 0.25) is 0 Å². The van der Waals surface area contributed by atoms with Gasteiger partial charge in [-0.15, -0.1) is 24.0 Å². The van der Waals surface area contributed by atoms with Crippen molar-refractivity contribution in [3.63, 3.8) is 0 Å². The van der Waals surface area contributed by atoms with Crippen LogP contribution in [0.2, 0.25) is 0 Å². The van der Waals surface area contributed by atoms with Gasteiger partial charge in [-0.2, -0.15) is 0 Å². The molecule has 2 fully saturated rings. The van der Waals surface area contributed by atoms with Gasteiger partial charge >= 0.3 is 6.09 Å². The van der Waals surface area contributed by atoms with E-state index in [0.29, 0.717) is 6.04 Å². The second-order valence-corrected chi connectivity index (χ2v) is 8.88. The number of rotatable bonds is 7. The molecule has 0 aliphatic carbocycles. The number of likely N-dealkylation sites (tertiary alicyclic amines) is 1. The maximum Gasteiger partial charge on any atom is 0.410 e. The van der Waals surface area contributed by atoms with Gasteiger partial charge < -0.3 is 20.3 Å². The summed E-state index contributed by atoms with van der Waals surface area (Å²) in [7, 11) is 0. The van der Waals surface area contributed by atoms with Gasteiger partial charge in [0, 0.05) is 51.9 Å². The van der Waals surface area contributed by atoms with E-state index in [1.807, 2.05) is 25.7 Å². The number of ether oxygens (including phenoxy) is 1.